The quantitative estimate of drug-likeness (QED) is 0.278. The molecule has 1 aliphatic heterocycles. The first-order valence-corrected chi connectivity index (χ1v) is 12.9. The summed E-state index contributed by atoms with van der Waals surface area (Å²) in [6.45, 7) is 9.38. The van der Waals surface area contributed by atoms with Crippen LogP contribution in [0.5, 0.6) is 17.6 Å². The zero-order chi connectivity index (χ0) is 23.6. The summed E-state index contributed by atoms with van der Waals surface area (Å²) in [6.07, 6.45) is 1.45. The van der Waals surface area contributed by atoms with Crippen molar-refractivity contribution in [3.8, 4) is 17.6 Å². The van der Waals surface area contributed by atoms with Crippen molar-refractivity contribution < 1.29 is 18.9 Å². The van der Waals surface area contributed by atoms with E-state index in [0.29, 0.717) is 36.4 Å². The van der Waals surface area contributed by atoms with Gasteiger partial charge in [-0.05, 0) is 77.8 Å². The average molecular weight is 627 g/mol. The largest absolute Gasteiger partial charge is 0.482 e. The van der Waals surface area contributed by atoms with Crippen molar-refractivity contribution in [3.05, 3.63) is 50.0 Å². The van der Waals surface area contributed by atoms with E-state index in [9.17, 15) is 0 Å². The Kier molecular flexibility index (Phi) is 7.65. The second-order valence-corrected chi connectivity index (χ2v) is 11.0. The third-order valence-electron chi connectivity index (χ3n) is 5.19. The first-order valence-electron chi connectivity index (χ1n) is 11.1. The maximum atomic E-state index is 6.48. The lowest BCUT2D eigenvalue weighted by molar-refractivity contribution is 0.0212. The summed E-state index contributed by atoms with van der Waals surface area (Å²) in [6, 6.07) is 12.4. The van der Waals surface area contributed by atoms with E-state index in [1.807, 2.05) is 52.0 Å². The lowest BCUT2D eigenvalue weighted by Gasteiger charge is -2.25. The predicted molar refractivity (Wildman–Crippen MR) is 140 cm³/mol. The molecule has 1 atom stereocenters. The van der Waals surface area contributed by atoms with Crippen molar-refractivity contribution in [1.82, 2.24) is 9.97 Å². The molecule has 33 heavy (non-hydrogen) atoms. The second kappa shape index (κ2) is 10.3. The second-order valence-electron chi connectivity index (χ2n) is 9.02. The standard InChI is InChI=1S/C25H28BrIN2O4/c1-15(16-8-6-5-7-9-16)31-22-20(26)19(27)14-18-21(22)28-24(29-23(18)33-25(2,3)4)32-17-10-12-30-13-11-17/h5-9,14-15,17H,10-13H2,1-4H3/t15-/m0/s1. The number of hydrogen-bond acceptors (Lipinski definition) is 6. The molecule has 8 heteroatoms. The first kappa shape index (κ1) is 24.5. The summed E-state index contributed by atoms with van der Waals surface area (Å²) in [4.78, 5) is 9.46. The van der Waals surface area contributed by atoms with Gasteiger partial charge in [-0.25, -0.2) is 0 Å². The zero-order valence-electron chi connectivity index (χ0n) is 19.2. The molecule has 0 bridgehead atoms. The molecule has 2 aromatic carbocycles. The molecule has 0 unspecified atom stereocenters. The zero-order valence-corrected chi connectivity index (χ0v) is 23.0. The van der Waals surface area contributed by atoms with E-state index in [0.717, 1.165) is 31.8 Å². The van der Waals surface area contributed by atoms with Crippen LogP contribution in [0.3, 0.4) is 0 Å². The Hall–Kier alpha value is -1.65. The SMILES string of the molecule is C[C@H](Oc1c(Br)c(I)cc2c(OC(C)(C)C)nc(OC3CCOCC3)nc12)c1ccccc1. The molecule has 0 amide bonds. The molecule has 6 nitrogen and oxygen atoms in total. The molecule has 1 aromatic heterocycles. The van der Waals surface area contributed by atoms with E-state index >= 15 is 0 Å². The van der Waals surface area contributed by atoms with E-state index in [1.54, 1.807) is 0 Å². The van der Waals surface area contributed by atoms with E-state index in [1.165, 1.54) is 0 Å². The summed E-state index contributed by atoms with van der Waals surface area (Å²) < 4.78 is 26.2. The number of hydrogen-bond donors (Lipinski definition) is 0. The molecule has 1 fully saturated rings. The molecule has 0 N–H and O–H groups in total. The van der Waals surface area contributed by atoms with Gasteiger partial charge in [0.15, 0.2) is 5.75 Å². The fourth-order valence-electron chi connectivity index (χ4n) is 3.57. The fraction of sp³-hybridized carbons (Fsp3) is 0.440. The Morgan fingerprint density at radius 1 is 1.12 bits per heavy atom. The smallest absolute Gasteiger partial charge is 0.320 e. The van der Waals surface area contributed by atoms with Gasteiger partial charge in [0.25, 0.3) is 0 Å². The summed E-state index contributed by atoms with van der Waals surface area (Å²) in [7, 11) is 0. The third kappa shape index (κ3) is 6.08. The van der Waals surface area contributed by atoms with Crippen LogP contribution in [0.15, 0.2) is 40.9 Å². The Labute approximate surface area is 216 Å². The van der Waals surface area contributed by atoms with Crippen LogP contribution in [0.2, 0.25) is 0 Å². The molecule has 3 aromatic rings. The normalized spacial score (nSPS) is 15.9. The minimum absolute atomic E-state index is 0.0126. The summed E-state index contributed by atoms with van der Waals surface area (Å²) >= 11 is 6.00. The number of ether oxygens (including phenoxy) is 4. The van der Waals surface area contributed by atoms with Gasteiger partial charge in [-0.15, -0.1) is 0 Å². The maximum absolute atomic E-state index is 6.48. The van der Waals surface area contributed by atoms with Gasteiger partial charge in [-0.2, -0.15) is 9.97 Å². The van der Waals surface area contributed by atoms with Gasteiger partial charge in [0.05, 0.1) is 23.1 Å². The minimum atomic E-state index is -0.436. The van der Waals surface area contributed by atoms with Crippen LogP contribution in [0.1, 0.15) is 52.2 Å². The van der Waals surface area contributed by atoms with Crippen molar-refractivity contribution in [3.63, 3.8) is 0 Å². The summed E-state index contributed by atoms with van der Waals surface area (Å²) in [5.41, 5.74) is 1.30. The maximum Gasteiger partial charge on any atom is 0.320 e. The van der Waals surface area contributed by atoms with Crippen LogP contribution >= 0.6 is 38.5 Å². The van der Waals surface area contributed by atoms with Gasteiger partial charge in [0, 0.05) is 16.4 Å². The third-order valence-corrected chi connectivity index (χ3v) is 7.57. The number of benzene rings is 2. The van der Waals surface area contributed by atoms with Gasteiger partial charge in [0.1, 0.15) is 23.3 Å². The molecule has 176 valence electrons. The monoisotopic (exact) mass is 626 g/mol. The van der Waals surface area contributed by atoms with Crippen molar-refractivity contribution in [2.45, 2.75) is 58.3 Å². The highest BCUT2D eigenvalue weighted by atomic mass is 127. The molecule has 1 saturated heterocycles. The topological polar surface area (TPSA) is 62.7 Å². The minimum Gasteiger partial charge on any atom is -0.482 e. The number of rotatable bonds is 6. The molecule has 1 aliphatic rings. The number of fused-ring (bicyclic) bond motifs is 1. The van der Waals surface area contributed by atoms with E-state index in [-0.39, 0.29) is 12.2 Å². The highest BCUT2D eigenvalue weighted by Crippen LogP contribution is 2.42. The Balaban J connectivity index is 1.81. The summed E-state index contributed by atoms with van der Waals surface area (Å²) in [5.74, 6) is 1.13. The van der Waals surface area contributed by atoms with E-state index in [2.05, 4.69) is 55.6 Å². The molecule has 0 saturated carbocycles. The number of aromatic nitrogens is 2. The Morgan fingerprint density at radius 3 is 2.48 bits per heavy atom. The van der Waals surface area contributed by atoms with Crippen LogP contribution in [-0.4, -0.2) is 34.9 Å². The number of nitrogens with zero attached hydrogens (tertiary/aromatic N) is 2. The Morgan fingerprint density at radius 2 is 1.82 bits per heavy atom. The number of halogens is 2. The fourth-order valence-corrected chi connectivity index (χ4v) is 4.53. The molecule has 4 rings (SSSR count). The van der Waals surface area contributed by atoms with Gasteiger partial charge in [0.2, 0.25) is 5.88 Å². The van der Waals surface area contributed by atoms with Crippen molar-refractivity contribution >= 4 is 49.4 Å². The van der Waals surface area contributed by atoms with Crippen LogP contribution in [-0.2, 0) is 4.74 Å². The van der Waals surface area contributed by atoms with Gasteiger partial charge < -0.3 is 18.9 Å². The van der Waals surface area contributed by atoms with Crippen LogP contribution in [0, 0.1) is 3.57 Å². The van der Waals surface area contributed by atoms with Crippen molar-refractivity contribution in [2.75, 3.05) is 13.2 Å². The van der Waals surface area contributed by atoms with Gasteiger partial charge in [-0.3, -0.25) is 0 Å². The van der Waals surface area contributed by atoms with Crippen LogP contribution < -0.4 is 14.2 Å². The molecule has 0 spiro atoms. The summed E-state index contributed by atoms with van der Waals surface area (Å²) in [5, 5.41) is 0.784. The van der Waals surface area contributed by atoms with Crippen molar-refractivity contribution in [1.29, 1.82) is 0 Å². The highest BCUT2D eigenvalue weighted by molar-refractivity contribution is 14.1. The molecule has 0 aliphatic carbocycles. The average Bonchev–Trinajstić information content (AvgIpc) is 2.78. The predicted octanol–water partition coefficient (Wildman–Crippen LogP) is 6.87. The molecule has 2 heterocycles. The molecule has 0 radical (unpaired) electrons. The van der Waals surface area contributed by atoms with Gasteiger partial charge in [-0.1, -0.05) is 30.3 Å². The first-order chi connectivity index (χ1) is 15.7. The molecular weight excluding hydrogens is 599 g/mol. The van der Waals surface area contributed by atoms with E-state index in [4.69, 9.17) is 23.9 Å². The highest BCUT2D eigenvalue weighted by Gasteiger charge is 2.25. The lowest BCUT2D eigenvalue weighted by atomic mass is 10.1. The van der Waals surface area contributed by atoms with Gasteiger partial charge >= 0.3 is 6.01 Å². The molecular formula is C25H28BrIN2O4. The van der Waals surface area contributed by atoms with Crippen molar-refractivity contribution in [2.24, 2.45) is 0 Å². The van der Waals surface area contributed by atoms with E-state index < -0.39 is 5.60 Å². The van der Waals surface area contributed by atoms with Crippen LogP contribution in [0.25, 0.3) is 10.9 Å². The Bertz CT molecular complexity index is 1120. The lowest BCUT2D eigenvalue weighted by Crippen LogP contribution is -2.27. The van der Waals surface area contributed by atoms with Crippen LogP contribution in [0.4, 0.5) is 0 Å².